The van der Waals surface area contributed by atoms with Crippen molar-refractivity contribution in [3.8, 4) is 79.7 Å². The van der Waals surface area contributed by atoms with E-state index in [2.05, 4.69) is 231 Å². The van der Waals surface area contributed by atoms with Gasteiger partial charge in [0.15, 0.2) is 0 Å². The first-order chi connectivity index (χ1) is 59.7. The van der Waals surface area contributed by atoms with Crippen LogP contribution in [-0.2, 0) is 25.7 Å². The summed E-state index contributed by atoms with van der Waals surface area (Å²) >= 11 is 0. The second-order valence-electron chi connectivity index (χ2n) is 30.0. The van der Waals surface area contributed by atoms with Gasteiger partial charge >= 0.3 is 0 Å². The maximum atomic E-state index is 5.99. The molecule has 0 heterocycles. The molecule has 15 aromatic rings. The fraction of sp³-hybridized carbons (Fsp3) is 0.327. The average molecular weight is 1650 g/mol. The van der Waals surface area contributed by atoms with Crippen molar-refractivity contribution in [1.29, 1.82) is 0 Å². The van der Waals surface area contributed by atoms with Gasteiger partial charge in [-0.2, -0.15) is 0 Å². The van der Waals surface area contributed by atoms with E-state index in [1.807, 2.05) is 136 Å². The molecule has 0 aliphatic carbocycles. The van der Waals surface area contributed by atoms with Crippen LogP contribution in [0.3, 0.4) is 0 Å². The van der Waals surface area contributed by atoms with Gasteiger partial charge in [-0.3, -0.25) is 0 Å². The van der Waals surface area contributed by atoms with Gasteiger partial charge in [-0.1, -0.05) is 237 Å². The smallest absolute Gasteiger partial charge is 0.138 e. The zero-order valence-electron chi connectivity index (χ0n) is 75.9. The molecule has 15 aromatic carbocycles. The van der Waals surface area contributed by atoms with Gasteiger partial charge in [0.25, 0.3) is 0 Å². The summed E-state index contributed by atoms with van der Waals surface area (Å²) in [5, 5.41) is 17.2. The molecule has 0 saturated heterocycles. The van der Waals surface area contributed by atoms with E-state index in [1.165, 1.54) is 146 Å². The van der Waals surface area contributed by atoms with Crippen molar-refractivity contribution in [3.05, 3.63) is 287 Å². The van der Waals surface area contributed by atoms with Gasteiger partial charge in [-0.25, -0.2) is 0 Å². The van der Waals surface area contributed by atoms with Crippen LogP contribution in [0.25, 0.3) is 97.7 Å². The van der Waals surface area contributed by atoms with Crippen LogP contribution in [-0.4, -0.2) is 66.1 Å². The van der Waals surface area contributed by atoms with E-state index >= 15 is 0 Å². The van der Waals surface area contributed by atoms with Crippen molar-refractivity contribution >= 4 is 75.4 Å². The second kappa shape index (κ2) is 48.7. The molecule has 10 heteroatoms. The fourth-order valence-corrected chi connectivity index (χ4v) is 16.3. The molecule has 0 aliphatic heterocycles. The van der Waals surface area contributed by atoms with E-state index in [9.17, 15) is 0 Å². The van der Waals surface area contributed by atoms with Crippen molar-refractivity contribution in [3.63, 3.8) is 0 Å². The zero-order valence-corrected chi connectivity index (χ0v) is 75.9. The maximum Gasteiger partial charge on any atom is 0.138 e. The van der Waals surface area contributed by atoms with Crippen molar-refractivity contribution in [2.45, 2.75) is 183 Å². The molecule has 123 heavy (non-hydrogen) atoms. The maximum absolute atomic E-state index is 5.99. The van der Waals surface area contributed by atoms with Gasteiger partial charge in [-0.05, 0) is 299 Å². The Bertz CT molecular complexity index is 5710. The van der Waals surface area contributed by atoms with E-state index in [0.717, 1.165) is 105 Å². The number of aryl methyl sites for hydroxylation is 8. The first kappa shape index (κ1) is 95.0. The lowest BCUT2D eigenvalue weighted by molar-refractivity contribution is 0.331. The molecule has 0 saturated carbocycles. The lowest BCUT2D eigenvalue weighted by Crippen LogP contribution is -1.99. The number of fused-ring (bicyclic) bond motifs is 7. The molecule has 0 amide bonds. The number of ether oxygens (including phenoxy) is 10. The summed E-state index contributed by atoms with van der Waals surface area (Å²) in [5.41, 5.74) is 15.7. The summed E-state index contributed by atoms with van der Waals surface area (Å²) in [5.74, 6) is 9.17. The summed E-state index contributed by atoms with van der Waals surface area (Å²) in [7, 11) is 0. The van der Waals surface area contributed by atoms with E-state index in [4.69, 9.17) is 47.4 Å². The highest BCUT2D eigenvalue weighted by molar-refractivity contribution is 6.11. The quantitative estimate of drug-likeness (QED) is 0.0405. The molecular weight excluding hydrogens is 1520 g/mol. The largest absolute Gasteiger partial charge is 0.494 e. The Hall–Kier alpha value is -11.9. The second-order valence-corrected chi connectivity index (χ2v) is 30.0. The molecule has 0 N–H and O–H groups in total. The van der Waals surface area contributed by atoms with Crippen molar-refractivity contribution < 1.29 is 47.4 Å². The van der Waals surface area contributed by atoms with Crippen LogP contribution in [0.15, 0.2) is 243 Å². The van der Waals surface area contributed by atoms with E-state index < -0.39 is 0 Å². The highest BCUT2D eigenvalue weighted by Gasteiger charge is 2.20. The Morgan fingerprint density at radius 1 is 0.195 bits per heavy atom. The highest BCUT2D eigenvalue weighted by Crippen LogP contribution is 2.45. The van der Waals surface area contributed by atoms with Crippen LogP contribution in [0.4, 0.5) is 0 Å². The summed E-state index contributed by atoms with van der Waals surface area (Å²) in [6.07, 6.45) is 9.26. The average Bonchev–Trinajstić information content (AvgIpc) is 0.409. The van der Waals surface area contributed by atoms with Gasteiger partial charge in [0.2, 0.25) is 0 Å². The predicted molar refractivity (Wildman–Crippen MR) is 525 cm³/mol. The minimum atomic E-state index is 0. The van der Waals surface area contributed by atoms with Gasteiger partial charge < -0.3 is 47.4 Å². The monoisotopic (exact) mass is 1650 g/mol. The molecule has 0 aliphatic rings. The molecular formula is C113H134O10. The number of hydrogen-bond donors (Lipinski definition) is 0. The minimum Gasteiger partial charge on any atom is -0.494 e. The van der Waals surface area contributed by atoms with Crippen LogP contribution >= 0.6 is 0 Å². The Balaban J connectivity index is 0.000000168. The molecule has 0 spiro atoms. The molecule has 0 fully saturated rings. The SMILES string of the molecule is C.CCCc1ccc(-c2ccc(OCC)cc2)c2c(OCC)cccc12.CCCc1ccc(OCC)c2c(OCC)cccc12.CCCc1cccc2c(C)ccc(CCC)c12.CCOc1ccc(-c2ccc(C)c3cccc(OCC)c23)cc1.CCOc1cccc2c(C)c3ccccc3c(OCC)c12.CCOc1cccc2c(C)ccc(OCC)c12. The van der Waals surface area contributed by atoms with Crippen LogP contribution in [0.2, 0.25) is 0 Å². The molecule has 0 bridgehead atoms. The Kier molecular flexibility index (Phi) is 37.6. The molecule has 0 unspecified atom stereocenters. The normalized spacial score (nSPS) is 10.7. The summed E-state index contributed by atoms with van der Waals surface area (Å²) in [6, 6.07) is 84.7. The standard InChI is InChI=1S/C23H26O2.C21H22O2.C19H20O2.C17H22O2.C17H22.C15H18O2.CH4/c1-4-8-17-13-16-21(18-11-14-19(15-12-18)24-5-2)23-20(17)9-7-10-22(23)25-6-3;1-4-22-17-12-10-16(11-13-17)19-14-9-15(3)18-7-6-8-20(21(18)19)23-5-2;1-4-20-17-12-8-11-15-13(3)14-9-6-7-10-16(14)19(18(15)17)21-5-2;1-4-8-13-11-12-16(19-6-3)17-14(13)9-7-10-15(17)18-5-2;1-4-7-14-9-6-10-16-13(3)11-12-15(8-5-2)17(14)16;1-4-16-13-8-6-7-12-11(3)9-10-14(15(12)13)17-5-2;/h7,9-16H,4-6,8H2,1-3H3;6-14H,4-5H2,1-3H3;6-12H,4-5H2,1-3H3;7,9-12H,4-6,8H2,1-3H3;6,9-12H,4-5,7-8H2,1-3H3;6-10H,4-5H2,1-3H3;1H4. The van der Waals surface area contributed by atoms with Gasteiger partial charge in [0.1, 0.15) is 57.5 Å². The molecule has 15 rings (SSSR count). The summed E-state index contributed by atoms with van der Waals surface area (Å²) in [4.78, 5) is 0. The highest BCUT2D eigenvalue weighted by atomic mass is 16.5. The number of hydrogen-bond acceptors (Lipinski definition) is 10. The lowest BCUT2D eigenvalue weighted by atomic mass is 9.92. The third-order valence-electron chi connectivity index (χ3n) is 21.6. The first-order valence-electron chi connectivity index (χ1n) is 44.7. The first-order valence-corrected chi connectivity index (χ1v) is 44.7. The third kappa shape index (κ3) is 23.5. The van der Waals surface area contributed by atoms with E-state index in [0.29, 0.717) is 66.1 Å². The van der Waals surface area contributed by atoms with E-state index in [-0.39, 0.29) is 7.43 Å². The van der Waals surface area contributed by atoms with Crippen LogP contribution in [0.5, 0.6) is 57.5 Å². The number of benzene rings is 15. The molecule has 0 atom stereocenters. The van der Waals surface area contributed by atoms with Crippen LogP contribution in [0.1, 0.15) is 175 Å². The van der Waals surface area contributed by atoms with Gasteiger partial charge in [0.05, 0.1) is 82.2 Å². The van der Waals surface area contributed by atoms with Crippen LogP contribution in [0, 0.1) is 27.7 Å². The zero-order chi connectivity index (χ0) is 86.9. The summed E-state index contributed by atoms with van der Waals surface area (Å²) in [6.45, 7) is 44.3. The van der Waals surface area contributed by atoms with E-state index in [1.54, 1.807) is 0 Å². The van der Waals surface area contributed by atoms with Crippen molar-refractivity contribution in [2.75, 3.05) is 66.1 Å². The van der Waals surface area contributed by atoms with Crippen molar-refractivity contribution in [1.82, 2.24) is 0 Å². The predicted octanol–water partition coefficient (Wildman–Crippen LogP) is 31.2. The van der Waals surface area contributed by atoms with Gasteiger partial charge in [0, 0.05) is 16.2 Å². The minimum absolute atomic E-state index is 0. The third-order valence-corrected chi connectivity index (χ3v) is 21.6. The lowest BCUT2D eigenvalue weighted by Gasteiger charge is -2.17. The molecule has 10 nitrogen and oxygen atoms in total. The molecule has 0 radical (unpaired) electrons. The fourth-order valence-electron chi connectivity index (χ4n) is 16.3. The molecule has 646 valence electrons. The summed E-state index contributed by atoms with van der Waals surface area (Å²) < 4.78 is 57.6. The Labute approximate surface area is 734 Å². The van der Waals surface area contributed by atoms with Gasteiger partial charge in [-0.15, -0.1) is 0 Å². The van der Waals surface area contributed by atoms with Crippen molar-refractivity contribution in [2.24, 2.45) is 0 Å². The number of rotatable bonds is 30. The molecule has 0 aromatic heterocycles. The van der Waals surface area contributed by atoms with Crippen LogP contribution < -0.4 is 47.4 Å². The Morgan fingerprint density at radius 2 is 0.480 bits per heavy atom. The topological polar surface area (TPSA) is 92.3 Å². The Morgan fingerprint density at radius 3 is 0.919 bits per heavy atom.